The normalized spacial score (nSPS) is 12.6. The van der Waals surface area contributed by atoms with Gasteiger partial charge in [-0.3, -0.25) is 9.59 Å². The van der Waals surface area contributed by atoms with Gasteiger partial charge in [0, 0.05) is 18.5 Å². The van der Waals surface area contributed by atoms with Crippen LogP contribution in [0.15, 0.2) is 0 Å². The summed E-state index contributed by atoms with van der Waals surface area (Å²) in [5.74, 6) is -0.974. The molecule has 18 heavy (non-hydrogen) atoms. The molecule has 0 spiro atoms. The van der Waals surface area contributed by atoms with E-state index in [4.69, 9.17) is 5.11 Å². The first kappa shape index (κ1) is 16.9. The lowest BCUT2D eigenvalue weighted by Crippen LogP contribution is -2.48. The van der Waals surface area contributed by atoms with E-state index < -0.39 is 11.4 Å². The fraction of sp³-hybridized carbons (Fsp3) is 0.846. The second-order valence-electron chi connectivity index (χ2n) is 6.40. The maximum Gasteiger partial charge on any atom is 0.303 e. The molecule has 0 aliphatic rings. The lowest BCUT2D eigenvalue weighted by Gasteiger charge is -2.33. The number of carbonyl (C=O) groups excluding carboxylic acids is 1. The molecule has 106 valence electrons. The van der Waals surface area contributed by atoms with Gasteiger partial charge in [-0.05, 0) is 33.4 Å². The van der Waals surface area contributed by atoms with Crippen LogP contribution in [0.3, 0.4) is 0 Å². The molecule has 0 aliphatic heterocycles. The van der Waals surface area contributed by atoms with Crippen LogP contribution >= 0.6 is 0 Å². The van der Waals surface area contributed by atoms with Crippen LogP contribution < -0.4 is 5.32 Å². The van der Waals surface area contributed by atoms with E-state index in [0.717, 1.165) is 0 Å². The maximum absolute atomic E-state index is 11.8. The van der Waals surface area contributed by atoms with Gasteiger partial charge in [-0.2, -0.15) is 0 Å². The summed E-state index contributed by atoms with van der Waals surface area (Å²) < 4.78 is 0. The van der Waals surface area contributed by atoms with Crippen LogP contribution in [0.25, 0.3) is 0 Å². The zero-order valence-corrected chi connectivity index (χ0v) is 12.3. The molecule has 0 aliphatic carbocycles. The Bertz CT molecular complexity index is 309. The molecule has 2 N–H and O–H groups in total. The van der Waals surface area contributed by atoms with Crippen LogP contribution in [0.1, 0.15) is 40.5 Å². The van der Waals surface area contributed by atoms with Crippen molar-refractivity contribution in [1.29, 1.82) is 0 Å². The Morgan fingerprint density at radius 3 is 2.00 bits per heavy atom. The fourth-order valence-corrected chi connectivity index (χ4v) is 1.44. The molecule has 0 unspecified atom stereocenters. The van der Waals surface area contributed by atoms with Gasteiger partial charge in [0.25, 0.3) is 0 Å². The third-order valence-corrected chi connectivity index (χ3v) is 3.20. The molecule has 5 heteroatoms. The van der Waals surface area contributed by atoms with Gasteiger partial charge in [0.05, 0.1) is 6.42 Å². The van der Waals surface area contributed by atoms with Gasteiger partial charge in [0.2, 0.25) is 5.91 Å². The zero-order valence-electron chi connectivity index (χ0n) is 12.3. The van der Waals surface area contributed by atoms with Crippen LogP contribution in [0.2, 0.25) is 0 Å². The Hall–Kier alpha value is -1.10. The average Bonchev–Trinajstić information content (AvgIpc) is 2.11. The summed E-state index contributed by atoms with van der Waals surface area (Å²) in [5, 5.41) is 11.6. The van der Waals surface area contributed by atoms with Crippen LogP contribution in [-0.2, 0) is 9.59 Å². The van der Waals surface area contributed by atoms with Crippen molar-refractivity contribution < 1.29 is 14.7 Å². The number of carboxylic acids is 1. The number of carboxylic acid groups (broad SMARTS) is 1. The Kier molecular flexibility index (Phi) is 5.80. The van der Waals surface area contributed by atoms with E-state index in [1.807, 2.05) is 32.8 Å². The number of likely N-dealkylation sites (N-methyl/N-ethyl adjacent to an activating group) is 1. The topological polar surface area (TPSA) is 69.6 Å². The predicted molar refractivity (Wildman–Crippen MR) is 71.4 cm³/mol. The molecule has 0 fully saturated rings. The van der Waals surface area contributed by atoms with Gasteiger partial charge in [-0.1, -0.05) is 13.8 Å². The van der Waals surface area contributed by atoms with Gasteiger partial charge >= 0.3 is 5.97 Å². The van der Waals surface area contributed by atoms with Gasteiger partial charge in [-0.25, -0.2) is 0 Å². The monoisotopic (exact) mass is 258 g/mol. The highest BCUT2D eigenvalue weighted by Gasteiger charge is 2.27. The standard InChI is InChI=1S/C13H26N2O3/c1-12(2,8-11(17)18)7-10(16)14-9-13(3,4)15(5)6/h7-9H2,1-6H3,(H,14,16)(H,17,18). The van der Waals surface area contributed by atoms with Gasteiger partial charge in [-0.15, -0.1) is 0 Å². The van der Waals surface area contributed by atoms with Crippen molar-refractivity contribution in [3.63, 3.8) is 0 Å². The Labute approximate surface area is 110 Å². The van der Waals surface area contributed by atoms with Crippen molar-refractivity contribution >= 4 is 11.9 Å². The highest BCUT2D eigenvalue weighted by molar-refractivity contribution is 5.78. The van der Waals surface area contributed by atoms with Crippen LogP contribution in [0.4, 0.5) is 0 Å². The minimum absolute atomic E-state index is 0.00249. The molecule has 0 saturated heterocycles. The van der Waals surface area contributed by atoms with E-state index >= 15 is 0 Å². The number of amides is 1. The number of rotatable bonds is 7. The summed E-state index contributed by atoms with van der Waals surface area (Å²) in [4.78, 5) is 24.5. The molecule has 0 heterocycles. The molecule has 0 aromatic heterocycles. The number of nitrogens with zero attached hydrogens (tertiary/aromatic N) is 1. The molecule has 0 atom stereocenters. The first-order valence-electron chi connectivity index (χ1n) is 6.12. The third kappa shape index (κ3) is 6.59. The molecule has 5 nitrogen and oxygen atoms in total. The molecule has 0 rings (SSSR count). The van der Waals surface area contributed by atoms with Crippen LogP contribution in [-0.4, -0.2) is 48.1 Å². The second-order valence-corrected chi connectivity index (χ2v) is 6.40. The highest BCUT2D eigenvalue weighted by atomic mass is 16.4. The van der Waals surface area contributed by atoms with Crippen LogP contribution in [0, 0.1) is 5.41 Å². The smallest absolute Gasteiger partial charge is 0.303 e. The summed E-state index contributed by atoms with van der Waals surface area (Å²) in [6.45, 7) is 8.20. The first-order chi connectivity index (χ1) is 7.96. The van der Waals surface area contributed by atoms with Crippen molar-refractivity contribution in [3.05, 3.63) is 0 Å². The summed E-state index contributed by atoms with van der Waals surface area (Å²) in [7, 11) is 3.92. The summed E-state index contributed by atoms with van der Waals surface area (Å²) in [6, 6.07) is 0. The third-order valence-electron chi connectivity index (χ3n) is 3.20. The highest BCUT2D eigenvalue weighted by Crippen LogP contribution is 2.24. The van der Waals surface area contributed by atoms with Crippen molar-refractivity contribution in [3.8, 4) is 0 Å². The minimum Gasteiger partial charge on any atom is -0.481 e. The molecule has 0 aromatic carbocycles. The summed E-state index contributed by atoms with van der Waals surface area (Å²) >= 11 is 0. The lowest BCUT2D eigenvalue weighted by molar-refractivity contribution is -0.139. The number of aliphatic carboxylic acids is 1. The van der Waals surface area contributed by atoms with Crippen molar-refractivity contribution in [2.24, 2.45) is 5.41 Å². The van der Waals surface area contributed by atoms with Crippen molar-refractivity contribution in [2.75, 3.05) is 20.6 Å². The van der Waals surface area contributed by atoms with Gasteiger partial charge in [0.1, 0.15) is 0 Å². The van der Waals surface area contributed by atoms with E-state index in [9.17, 15) is 9.59 Å². The van der Waals surface area contributed by atoms with Crippen LogP contribution in [0.5, 0.6) is 0 Å². The Morgan fingerprint density at radius 1 is 1.11 bits per heavy atom. The van der Waals surface area contributed by atoms with E-state index in [2.05, 4.69) is 5.32 Å². The van der Waals surface area contributed by atoms with E-state index in [-0.39, 0.29) is 24.3 Å². The molecule has 0 bridgehead atoms. The molecular formula is C13H26N2O3. The molecule has 0 radical (unpaired) electrons. The summed E-state index contributed by atoms with van der Waals surface area (Å²) in [5.41, 5.74) is -0.634. The van der Waals surface area contributed by atoms with Gasteiger partial charge in [0.15, 0.2) is 0 Å². The number of nitrogens with one attached hydrogen (secondary N) is 1. The maximum atomic E-state index is 11.8. The fourth-order valence-electron chi connectivity index (χ4n) is 1.44. The zero-order chi connectivity index (χ0) is 14.6. The van der Waals surface area contributed by atoms with Crippen molar-refractivity contribution in [1.82, 2.24) is 10.2 Å². The average molecular weight is 258 g/mol. The molecular weight excluding hydrogens is 232 g/mol. The molecule has 0 saturated carbocycles. The van der Waals surface area contributed by atoms with E-state index in [1.165, 1.54) is 0 Å². The predicted octanol–water partition coefficient (Wildman–Crippen LogP) is 1.33. The largest absolute Gasteiger partial charge is 0.481 e. The van der Waals surface area contributed by atoms with E-state index in [1.54, 1.807) is 13.8 Å². The quantitative estimate of drug-likeness (QED) is 0.723. The first-order valence-corrected chi connectivity index (χ1v) is 6.12. The SMILES string of the molecule is CN(C)C(C)(C)CNC(=O)CC(C)(C)CC(=O)O. The number of hydrogen-bond acceptors (Lipinski definition) is 3. The Morgan fingerprint density at radius 2 is 1.61 bits per heavy atom. The molecule has 1 amide bonds. The molecule has 0 aromatic rings. The van der Waals surface area contributed by atoms with Crippen molar-refractivity contribution in [2.45, 2.75) is 46.1 Å². The Balaban J connectivity index is 4.24. The lowest BCUT2D eigenvalue weighted by atomic mass is 9.85. The van der Waals surface area contributed by atoms with Gasteiger partial charge < -0.3 is 15.3 Å². The minimum atomic E-state index is -0.874. The number of carbonyl (C=O) groups is 2. The second kappa shape index (κ2) is 6.18. The van der Waals surface area contributed by atoms with E-state index in [0.29, 0.717) is 6.54 Å². The number of hydrogen-bond donors (Lipinski definition) is 2. The summed E-state index contributed by atoms with van der Waals surface area (Å²) in [6.07, 6.45) is 0.223.